The predicted molar refractivity (Wildman–Crippen MR) is 79.1 cm³/mol. The zero-order valence-electron chi connectivity index (χ0n) is 10.7. The lowest BCUT2D eigenvalue weighted by Crippen LogP contribution is -1.95. The topological polar surface area (TPSA) is 57.4 Å². The molecule has 4 heteroatoms. The van der Waals surface area contributed by atoms with Crippen molar-refractivity contribution >= 4 is 11.0 Å². The van der Waals surface area contributed by atoms with Crippen LogP contribution in [0.25, 0.3) is 33.8 Å². The number of hydrogen-bond donors (Lipinski definition) is 2. The molecule has 0 atom stereocenters. The van der Waals surface area contributed by atoms with Crippen LogP contribution in [0.4, 0.5) is 0 Å². The molecule has 0 aliphatic rings. The number of aromatic amines is 2. The van der Waals surface area contributed by atoms with E-state index in [1.165, 1.54) is 0 Å². The average molecular weight is 260 g/mol. The number of fused-ring (bicyclic) bond motifs is 1. The van der Waals surface area contributed by atoms with E-state index in [2.05, 4.69) is 9.97 Å². The molecule has 2 N–H and O–H groups in total. The summed E-state index contributed by atoms with van der Waals surface area (Å²) < 4.78 is 0. The van der Waals surface area contributed by atoms with E-state index in [0.717, 1.165) is 33.8 Å². The first-order chi connectivity index (χ1) is 9.92. The Bertz CT molecular complexity index is 773. The van der Waals surface area contributed by atoms with Gasteiger partial charge in [-0.1, -0.05) is 12.1 Å². The van der Waals surface area contributed by atoms with Gasteiger partial charge >= 0.3 is 0 Å². The molecule has 96 valence electrons. The molecule has 0 radical (unpaired) electrons. The fourth-order valence-electron chi connectivity index (χ4n) is 2.33. The highest BCUT2D eigenvalue weighted by molar-refractivity contribution is 5.84. The Morgan fingerprint density at radius 2 is 1.10 bits per heavy atom. The Morgan fingerprint density at radius 1 is 0.600 bits per heavy atom. The lowest BCUT2D eigenvalue weighted by Gasteiger charge is -2.07. The maximum absolute atomic E-state index is 4.76. The summed E-state index contributed by atoms with van der Waals surface area (Å²) in [6, 6.07) is 15.8. The number of nitrogens with one attached hydrogen (secondary N) is 2. The van der Waals surface area contributed by atoms with Gasteiger partial charge in [-0.2, -0.15) is 0 Å². The normalized spacial score (nSPS) is 11.0. The highest BCUT2D eigenvalue weighted by Gasteiger charge is 2.13. The molecule has 0 saturated carbocycles. The number of benzene rings is 1. The van der Waals surface area contributed by atoms with Crippen molar-refractivity contribution in [3.63, 3.8) is 0 Å². The average Bonchev–Trinajstić information content (AvgIpc) is 3.19. The fourth-order valence-corrected chi connectivity index (χ4v) is 2.33. The summed E-state index contributed by atoms with van der Waals surface area (Å²) >= 11 is 0. The van der Waals surface area contributed by atoms with Gasteiger partial charge in [0.2, 0.25) is 0 Å². The van der Waals surface area contributed by atoms with E-state index in [4.69, 9.17) is 9.97 Å². The second kappa shape index (κ2) is 4.35. The molecule has 0 saturated heterocycles. The van der Waals surface area contributed by atoms with Crippen LogP contribution in [-0.2, 0) is 0 Å². The third-order valence-electron chi connectivity index (χ3n) is 3.28. The number of para-hydroxylation sites is 2. The van der Waals surface area contributed by atoms with Crippen molar-refractivity contribution in [2.24, 2.45) is 0 Å². The van der Waals surface area contributed by atoms with Gasteiger partial charge in [-0.05, 0) is 36.4 Å². The SMILES string of the molecule is c1c[nH]c(-c2nc3ccccc3nc2-c2ccc[nH]2)c1. The molecule has 0 unspecified atom stereocenters. The number of rotatable bonds is 2. The zero-order valence-corrected chi connectivity index (χ0v) is 10.7. The van der Waals surface area contributed by atoms with Gasteiger partial charge in [0.05, 0.1) is 22.4 Å². The third kappa shape index (κ3) is 1.70. The van der Waals surface area contributed by atoms with E-state index in [0.29, 0.717) is 0 Å². The molecule has 3 aromatic heterocycles. The number of H-pyrrole nitrogens is 2. The summed E-state index contributed by atoms with van der Waals surface area (Å²) in [5, 5.41) is 0. The van der Waals surface area contributed by atoms with Crippen molar-refractivity contribution in [2.45, 2.75) is 0 Å². The maximum Gasteiger partial charge on any atom is 0.115 e. The Morgan fingerprint density at radius 3 is 1.50 bits per heavy atom. The number of aromatic nitrogens is 4. The van der Waals surface area contributed by atoms with Crippen LogP contribution in [0.3, 0.4) is 0 Å². The Balaban J connectivity index is 2.06. The first-order valence-corrected chi connectivity index (χ1v) is 6.46. The number of hydrogen-bond acceptors (Lipinski definition) is 2. The molecule has 0 spiro atoms. The van der Waals surface area contributed by atoms with Crippen LogP contribution in [0.5, 0.6) is 0 Å². The number of nitrogens with zero attached hydrogens (tertiary/aromatic N) is 2. The van der Waals surface area contributed by atoms with Gasteiger partial charge in [0.25, 0.3) is 0 Å². The van der Waals surface area contributed by atoms with Gasteiger partial charge in [-0.25, -0.2) is 9.97 Å². The first-order valence-electron chi connectivity index (χ1n) is 6.46. The van der Waals surface area contributed by atoms with Gasteiger partial charge < -0.3 is 9.97 Å². The molecular formula is C16H12N4. The fraction of sp³-hybridized carbons (Fsp3) is 0. The molecule has 0 aliphatic carbocycles. The van der Waals surface area contributed by atoms with Gasteiger partial charge in [0.15, 0.2) is 0 Å². The minimum Gasteiger partial charge on any atom is -0.360 e. The van der Waals surface area contributed by atoms with E-state index in [9.17, 15) is 0 Å². The van der Waals surface area contributed by atoms with Crippen LogP contribution in [0.2, 0.25) is 0 Å². The Kier molecular flexibility index (Phi) is 2.39. The van der Waals surface area contributed by atoms with Crippen molar-refractivity contribution in [2.75, 3.05) is 0 Å². The van der Waals surface area contributed by atoms with Gasteiger partial charge in [-0.3, -0.25) is 0 Å². The standard InChI is InChI=1S/C16H12N4/c1-2-6-12-11(5-1)19-15(13-7-3-9-17-13)16(20-12)14-8-4-10-18-14/h1-10,17-18H. The highest BCUT2D eigenvalue weighted by atomic mass is 14.9. The second-order valence-corrected chi connectivity index (χ2v) is 4.58. The summed E-state index contributed by atoms with van der Waals surface area (Å²) in [6.07, 6.45) is 3.79. The van der Waals surface area contributed by atoms with E-state index >= 15 is 0 Å². The zero-order chi connectivity index (χ0) is 13.4. The lowest BCUT2D eigenvalue weighted by molar-refractivity contribution is 1.24. The van der Waals surface area contributed by atoms with Crippen molar-refractivity contribution in [1.82, 2.24) is 19.9 Å². The van der Waals surface area contributed by atoms with E-state index in [-0.39, 0.29) is 0 Å². The van der Waals surface area contributed by atoms with Crippen molar-refractivity contribution in [3.05, 3.63) is 60.9 Å². The molecule has 0 amide bonds. The van der Waals surface area contributed by atoms with Crippen LogP contribution < -0.4 is 0 Å². The Labute approximate surface area is 115 Å². The van der Waals surface area contributed by atoms with Crippen molar-refractivity contribution in [1.29, 1.82) is 0 Å². The monoisotopic (exact) mass is 260 g/mol. The van der Waals surface area contributed by atoms with Crippen LogP contribution >= 0.6 is 0 Å². The molecule has 20 heavy (non-hydrogen) atoms. The van der Waals surface area contributed by atoms with Crippen LogP contribution in [0.1, 0.15) is 0 Å². The molecular weight excluding hydrogens is 248 g/mol. The maximum atomic E-state index is 4.76. The molecule has 0 bridgehead atoms. The van der Waals surface area contributed by atoms with Crippen LogP contribution in [-0.4, -0.2) is 19.9 Å². The summed E-state index contributed by atoms with van der Waals surface area (Å²) in [5.74, 6) is 0. The third-order valence-corrected chi connectivity index (χ3v) is 3.28. The molecule has 4 rings (SSSR count). The second-order valence-electron chi connectivity index (χ2n) is 4.58. The molecule has 0 fully saturated rings. The molecule has 4 aromatic rings. The molecule has 3 heterocycles. The minimum absolute atomic E-state index is 0.858. The summed E-state index contributed by atoms with van der Waals surface area (Å²) in [4.78, 5) is 15.9. The van der Waals surface area contributed by atoms with Gasteiger partial charge in [0, 0.05) is 12.4 Å². The summed E-state index contributed by atoms with van der Waals surface area (Å²) in [5.41, 5.74) is 5.44. The van der Waals surface area contributed by atoms with Crippen molar-refractivity contribution < 1.29 is 0 Å². The lowest BCUT2D eigenvalue weighted by atomic mass is 10.1. The van der Waals surface area contributed by atoms with Crippen molar-refractivity contribution in [3.8, 4) is 22.8 Å². The minimum atomic E-state index is 0.858. The van der Waals surface area contributed by atoms with Gasteiger partial charge in [-0.15, -0.1) is 0 Å². The van der Waals surface area contributed by atoms with Gasteiger partial charge in [0.1, 0.15) is 11.4 Å². The van der Waals surface area contributed by atoms with Crippen LogP contribution in [0, 0.1) is 0 Å². The molecule has 1 aromatic carbocycles. The van der Waals surface area contributed by atoms with Crippen LogP contribution in [0.15, 0.2) is 60.9 Å². The Hall–Kier alpha value is -2.88. The van der Waals surface area contributed by atoms with E-state index < -0.39 is 0 Å². The smallest absolute Gasteiger partial charge is 0.115 e. The summed E-state index contributed by atoms with van der Waals surface area (Å²) in [6.45, 7) is 0. The predicted octanol–water partition coefficient (Wildman–Crippen LogP) is 3.62. The highest BCUT2D eigenvalue weighted by Crippen LogP contribution is 2.28. The summed E-state index contributed by atoms with van der Waals surface area (Å²) in [7, 11) is 0. The largest absolute Gasteiger partial charge is 0.360 e. The molecule has 4 nitrogen and oxygen atoms in total. The molecule has 0 aliphatic heterocycles. The van der Waals surface area contributed by atoms with E-state index in [1.54, 1.807) is 0 Å². The van der Waals surface area contributed by atoms with E-state index in [1.807, 2.05) is 60.9 Å². The first kappa shape index (κ1) is 11.0. The quantitative estimate of drug-likeness (QED) is 0.578.